The number of ether oxygens (including phenoxy) is 2. The maximum Gasteiger partial charge on any atom is 0.165 e. The summed E-state index contributed by atoms with van der Waals surface area (Å²) < 4.78 is 26.2. The third-order valence-electron chi connectivity index (χ3n) is 4.64. The molecule has 31 heavy (non-hydrogen) atoms. The van der Waals surface area contributed by atoms with Gasteiger partial charge in [-0.3, -0.25) is 0 Å². The molecule has 3 nitrogen and oxygen atoms in total. The van der Waals surface area contributed by atoms with E-state index in [1.807, 2.05) is 49.4 Å². The van der Waals surface area contributed by atoms with Crippen molar-refractivity contribution in [3.8, 4) is 17.6 Å². The van der Waals surface area contributed by atoms with Crippen molar-refractivity contribution in [3.63, 3.8) is 0 Å². The molecule has 4 heteroatoms. The number of hydrogen-bond acceptors (Lipinski definition) is 3. The van der Waals surface area contributed by atoms with E-state index in [9.17, 15) is 9.65 Å². The third kappa shape index (κ3) is 5.61. The Morgan fingerprint density at radius 3 is 2.48 bits per heavy atom. The lowest BCUT2D eigenvalue weighted by molar-refractivity contribution is 0.267. The van der Waals surface area contributed by atoms with E-state index in [4.69, 9.17) is 9.47 Å². The van der Waals surface area contributed by atoms with Gasteiger partial charge < -0.3 is 9.47 Å². The largest absolute Gasteiger partial charge is 0.490 e. The van der Waals surface area contributed by atoms with Gasteiger partial charge in [0.15, 0.2) is 11.5 Å². The van der Waals surface area contributed by atoms with Crippen LogP contribution in [0.1, 0.15) is 29.2 Å². The van der Waals surface area contributed by atoms with Crippen LogP contribution >= 0.6 is 0 Å². The van der Waals surface area contributed by atoms with Crippen LogP contribution in [0.3, 0.4) is 0 Å². The minimum atomic E-state index is -0.436. The lowest BCUT2D eigenvalue weighted by atomic mass is 10.0. The van der Waals surface area contributed by atoms with Crippen LogP contribution in [-0.2, 0) is 13.0 Å². The van der Waals surface area contributed by atoms with Gasteiger partial charge in [0, 0.05) is 11.1 Å². The first-order valence-corrected chi connectivity index (χ1v) is 10.1. The molecule has 0 atom stereocenters. The summed E-state index contributed by atoms with van der Waals surface area (Å²) in [6, 6.07) is 22.0. The lowest BCUT2D eigenvalue weighted by Gasteiger charge is -2.17. The summed E-state index contributed by atoms with van der Waals surface area (Å²) in [4.78, 5) is 0. The molecular weight excluding hydrogens is 389 g/mol. The van der Waals surface area contributed by atoms with Crippen molar-refractivity contribution in [2.75, 3.05) is 6.61 Å². The number of rotatable bonds is 9. The van der Waals surface area contributed by atoms with Crippen LogP contribution in [0.15, 0.2) is 79.4 Å². The molecule has 0 spiro atoms. The zero-order valence-electron chi connectivity index (χ0n) is 17.5. The average molecular weight is 413 g/mol. The van der Waals surface area contributed by atoms with Gasteiger partial charge in [-0.1, -0.05) is 54.6 Å². The lowest BCUT2D eigenvalue weighted by Crippen LogP contribution is -2.03. The molecule has 0 aliphatic rings. The molecule has 0 unspecified atom stereocenters. The summed E-state index contributed by atoms with van der Waals surface area (Å²) in [5.41, 5.74) is 3.16. The summed E-state index contributed by atoms with van der Waals surface area (Å²) >= 11 is 0. The van der Waals surface area contributed by atoms with Gasteiger partial charge >= 0.3 is 0 Å². The molecule has 0 N–H and O–H groups in total. The summed E-state index contributed by atoms with van der Waals surface area (Å²) in [6.45, 7) is 6.60. The Labute approximate surface area is 182 Å². The quantitative estimate of drug-likeness (QED) is 0.226. The molecular formula is C27H24FNO2. The van der Waals surface area contributed by atoms with Gasteiger partial charge in [-0.15, -0.1) is 6.58 Å². The first-order valence-electron chi connectivity index (χ1n) is 10.1. The number of nitrogens with zero attached hydrogens (tertiary/aromatic N) is 1. The van der Waals surface area contributed by atoms with E-state index in [2.05, 4.69) is 12.6 Å². The number of benzene rings is 3. The van der Waals surface area contributed by atoms with Crippen LogP contribution in [0.5, 0.6) is 11.5 Å². The fourth-order valence-corrected chi connectivity index (χ4v) is 3.25. The molecule has 0 saturated carbocycles. The summed E-state index contributed by atoms with van der Waals surface area (Å²) in [5.74, 6) is 0.788. The van der Waals surface area contributed by atoms with Crippen LogP contribution < -0.4 is 9.47 Å². The molecule has 3 aromatic carbocycles. The van der Waals surface area contributed by atoms with E-state index in [0.29, 0.717) is 31.1 Å². The fraction of sp³-hybridized carbons (Fsp3) is 0.148. The van der Waals surface area contributed by atoms with E-state index < -0.39 is 5.82 Å². The summed E-state index contributed by atoms with van der Waals surface area (Å²) in [7, 11) is 0. The van der Waals surface area contributed by atoms with Crippen molar-refractivity contribution in [3.05, 3.63) is 107 Å². The highest BCUT2D eigenvalue weighted by atomic mass is 19.1. The van der Waals surface area contributed by atoms with Crippen molar-refractivity contribution >= 4 is 11.6 Å². The van der Waals surface area contributed by atoms with Gasteiger partial charge in [0.25, 0.3) is 0 Å². The molecule has 0 radical (unpaired) electrons. The predicted octanol–water partition coefficient (Wildman–Crippen LogP) is 6.60. The molecule has 0 aliphatic carbocycles. The van der Waals surface area contributed by atoms with Crippen molar-refractivity contribution in [1.82, 2.24) is 0 Å². The van der Waals surface area contributed by atoms with Crippen LogP contribution in [-0.4, -0.2) is 6.61 Å². The summed E-state index contributed by atoms with van der Waals surface area (Å²) in [6.07, 6.45) is 4.01. The molecule has 0 aromatic heterocycles. The molecule has 0 heterocycles. The van der Waals surface area contributed by atoms with Crippen LogP contribution in [0.25, 0.3) is 11.6 Å². The van der Waals surface area contributed by atoms with Crippen molar-refractivity contribution in [1.29, 1.82) is 5.26 Å². The van der Waals surface area contributed by atoms with Gasteiger partial charge in [0.05, 0.1) is 18.2 Å². The van der Waals surface area contributed by atoms with Gasteiger partial charge in [-0.2, -0.15) is 5.26 Å². The maximum atomic E-state index is 14.2. The highest BCUT2D eigenvalue weighted by Crippen LogP contribution is 2.36. The first-order chi connectivity index (χ1) is 15.2. The Hall–Kier alpha value is -3.84. The van der Waals surface area contributed by atoms with E-state index >= 15 is 0 Å². The van der Waals surface area contributed by atoms with E-state index in [0.717, 1.165) is 16.7 Å². The molecule has 0 bridgehead atoms. The Bertz CT molecular complexity index is 1110. The van der Waals surface area contributed by atoms with Crippen molar-refractivity contribution < 1.29 is 13.9 Å². The normalized spacial score (nSPS) is 10.9. The molecule has 156 valence electrons. The fourth-order valence-electron chi connectivity index (χ4n) is 3.25. The highest BCUT2D eigenvalue weighted by Gasteiger charge is 2.14. The Balaban J connectivity index is 2.03. The van der Waals surface area contributed by atoms with E-state index in [-0.39, 0.29) is 11.1 Å². The van der Waals surface area contributed by atoms with Gasteiger partial charge in [0.2, 0.25) is 0 Å². The van der Waals surface area contributed by atoms with Crippen molar-refractivity contribution in [2.24, 2.45) is 0 Å². The standard InChI is InChI=1S/C27H24FNO2/c1-3-10-22-15-21(16-23(18-29)24-13-8-9-14-25(24)28)17-26(30-4-2)27(22)31-19-20-11-6-5-7-12-20/h3,5-9,11-17H,1,4,10,19H2,2H3/b23-16-. The smallest absolute Gasteiger partial charge is 0.165 e. The monoisotopic (exact) mass is 413 g/mol. The van der Waals surface area contributed by atoms with Crippen LogP contribution in [0.4, 0.5) is 4.39 Å². The first kappa shape index (κ1) is 21.9. The maximum absolute atomic E-state index is 14.2. The molecule has 3 rings (SSSR count). The Kier molecular flexibility index (Phi) is 7.61. The van der Waals surface area contributed by atoms with Gasteiger partial charge in [-0.25, -0.2) is 4.39 Å². The number of allylic oxidation sites excluding steroid dienone is 2. The average Bonchev–Trinajstić information content (AvgIpc) is 2.78. The zero-order chi connectivity index (χ0) is 22.1. The number of hydrogen-bond donors (Lipinski definition) is 0. The molecule has 0 amide bonds. The second-order valence-corrected chi connectivity index (χ2v) is 6.86. The number of halogens is 1. The second kappa shape index (κ2) is 10.8. The van der Waals surface area contributed by atoms with E-state index in [1.54, 1.807) is 30.4 Å². The molecule has 3 aromatic rings. The topological polar surface area (TPSA) is 42.2 Å². The molecule has 0 saturated heterocycles. The zero-order valence-corrected chi connectivity index (χ0v) is 17.5. The minimum absolute atomic E-state index is 0.239. The van der Waals surface area contributed by atoms with Crippen molar-refractivity contribution in [2.45, 2.75) is 20.0 Å². The Morgan fingerprint density at radius 1 is 1.06 bits per heavy atom. The highest BCUT2D eigenvalue weighted by molar-refractivity contribution is 5.90. The second-order valence-electron chi connectivity index (χ2n) is 6.86. The summed E-state index contributed by atoms with van der Waals surface area (Å²) in [5, 5.41) is 9.62. The SMILES string of the molecule is C=CCc1cc(/C=C(/C#N)c2ccccc2F)cc(OCC)c1OCc1ccccc1. The molecule has 0 fully saturated rings. The van der Waals surface area contributed by atoms with E-state index in [1.165, 1.54) is 6.07 Å². The Morgan fingerprint density at radius 2 is 1.81 bits per heavy atom. The predicted molar refractivity (Wildman–Crippen MR) is 122 cm³/mol. The van der Waals surface area contributed by atoms with Gasteiger partial charge in [-0.05, 0) is 48.7 Å². The van der Waals surface area contributed by atoms with Crippen LogP contribution in [0, 0.1) is 17.1 Å². The van der Waals surface area contributed by atoms with Crippen LogP contribution in [0.2, 0.25) is 0 Å². The molecule has 0 aliphatic heterocycles. The number of nitriles is 1. The third-order valence-corrected chi connectivity index (χ3v) is 4.64. The minimum Gasteiger partial charge on any atom is -0.490 e. The van der Waals surface area contributed by atoms with Gasteiger partial charge in [0.1, 0.15) is 12.4 Å².